The minimum atomic E-state index is 0.111. The van der Waals surface area contributed by atoms with Crippen molar-refractivity contribution in [3.63, 3.8) is 0 Å². The van der Waals surface area contributed by atoms with E-state index >= 15 is 0 Å². The second-order valence-electron chi connectivity index (χ2n) is 5.68. The Morgan fingerprint density at radius 2 is 1.89 bits per heavy atom. The summed E-state index contributed by atoms with van der Waals surface area (Å²) in [5.74, 6) is 1.41. The van der Waals surface area contributed by atoms with Gasteiger partial charge in [0.05, 0.1) is 19.3 Å². The van der Waals surface area contributed by atoms with Crippen molar-refractivity contribution in [2.45, 2.75) is 38.7 Å². The molecule has 0 spiro atoms. The van der Waals surface area contributed by atoms with E-state index in [-0.39, 0.29) is 11.5 Å². The molecular weight excluding hydrogens is 238 g/mol. The fourth-order valence-corrected chi connectivity index (χ4v) is 2.88. The van der Waals surface area contributed by atoms with Crippen molar-refractivity contribution in [1.29, 1.82) is 0 Å². The molecule has 0 bridgehead atoms. The maximum absolute atomic E-state index is 5.93. The average molecular weight is 263 g/mol. The molecule has 106 valence electrons. The third-order valence-electron chi connectivity index (χ3n) is 4.08. The van der Waals surface area contributed by atoms with Gasteiger partial charge < -0.3 is 15.2 Å². The van der Waals surface area contributed by atoms with Crippen molar-refractivity contribution in [3.05, 3.63) is 29.8 Å². The van der Waals surface area contributed by atoms with Crippen LogP contribution >= 0.6 is 0 Å². The first-order chi connectivity index (χ1) is 9.12. The molecule has 1 fully saturated rings. The van der Waals surface area contributed by atoms with Gasteiger partial charge >= 0.3 is 0 Å². The third-order valence-corrected chi connectivity index (χ3v) is 4.08. The third kappa shape index (κ3) is 2.77. The van der Waals surface area contributed by atoms with Gasteiger partial charge in [0.15, 0.2) is 0 Å². The second kappa shape index (κ2) is 5.93. The van der Waals surface area contributed by atoms with Crippen LogP contribution in [-0.4, -0.2) is 25.9 Å². The molecule has 1 aliphatic rings. The second-order valence-corrected chi connectivity index (χ2v) is 5.68. The van der Waals surface area contributed by atoms with E-state index in [2.05, 4.69) is 31.2 Å². The van der Waals surface area contributed by atoms with Gasteiger partial charge in [-0.05, 0) is 44.0 Å². The summed E-state index contributed by atoms with van der Waals surface area (Å²) < 4.78 is 11.2. The van der Waals surface area contributed by atoms with Crippen LogP contribution in [0.25, 0.3) is 0 Å². The van der Waals surface area contributed by atoms with E-state index < -0.39 is 0 Å². The molecule has 1 heterocycles. The van der Waals surface area contributed by atoms with Gasteiger partial charge in [0.25, 0.3) is 0 Å². The molecule has 1 aromatic carbocycles. The fraction of sp³-hybridized carbons (Fsp3) is 0.625. The van der Waals surface area contributed by atoms with E-state index in [9.17, 15) is 0 Å². The van der Waals surface area contributed by atoms with Gasteiger partial charge in [-0.3, -0.25) is 0 Å². The average Bonchev–Trinajstić information content (AvgIpc) is 2.34. The van der Waals surface area contributed by atoms with E-state index in [1.807, 2.05) is 13.8 Å². The summed E-state index contributed by atoms with van der Waals surface area (Å²) >= 11 is 0. The van der Waals surface area contributed by atoms with Gasteiger partial charge in [0.1, 0.15) is 5.75 Å². The topological polar surface area (TPSA) is 44.5 Å². The molecule has 1 atom stereocenters. The summed E-state index contributed by atoms with van der Waals surface area (Å²) in [6.45, 7) is 8.56. The molecule has 3 nitrogen and oxygen atoms in total. The Hall–Kier alpha value is -1.06. The lowest BCUT2D eigenvalue weighted by Gasteiger charge is -2.47. The molecule has 0 radical (unpaired) electrons. The van der Waals surface area contributed by atoms with E-state index in [1.54, 1.807) is 0 Å². The van der Waals surface area contributed by atoms with Crippen LogP contribution in [-0.2, 0) is 10.2 Å². The van der Waals surface area contributed by atoms with Crippen LogP contribution in [0.5, 0.6) is 5.75 Å². The van der Waals surface area contributed by atoms with Gasteiger partial charge in [-0.25, -0.2) is 0 Å². The highest BCUT2D eigenvalue weighted by Gasteiger charge is 2.45. The lowest BCUT2D eigenvalue weighted by atomic mass is 9.67. The van der Waals surface area contributed by atoms with Gasteiger partial charge in [-0.15, -0.1) is 0 Å². The molecular formula is C16H25NO2. The van der Waals surface area contributed by atoms with E-state index in [0.717, 1.165) is 25.4 Å². The molecule has 0 aliphatic carbocycles. The Balaban J connectivity index is 2.19. The lowest BCUT2D eigenvalue weighted by Crippen LogP contribution is -2.54. The van der Waals surface area contributed by atoms with Gasteiger partial charge in [-0.2, -0.15) is 0 Å². The zero-order valence-electron chi connectivity index (χ0n) is 12.2. The van der Waals surface area contributed by atoms with Crippen molar-refractivity contribution in [3.8, 4) is 5.75 Å². The van der Waals surface area contributed by atoms with Crippen molar-refractivity contribution < 1.29 is 9.47 Å². The van der Waals surface area contributed by atoms with Gasteiger partial charge in [0.2, 0.25) is 0 Å². The molecule has 0 aromatic heterocycles. The summed E-state index contributed by atoms with van der Waals surface area (Å²) in [6.07, 6.45) is 1.30. The van der Waals surface area contributed by atoms with Crippen molar-refractivity contribution in [2.24, 2.45) is 11.7 Å². The first-order valence-electron chi connectivity index (χ1n) is 7.17. The van der Waals surface area contributed by atoms with Crippen LogP contribution < -0.4 is 10.5 Å². The summed E-state index contributed by atoms with van der Waals surface area (Å²) in [4.78, 5) is 0. The first-order valence-corrected chi connectivity index (χ1v) is 7.17. The summed E-state index contributed by atoms with van der Waals surface area (Å²) in [6, 6.07) is 8.44. The minimum Gasteiger partial charge on any atom is -0.491 e. The normalized spacial score (nSPS) is 19.0. The minimum absolute atomic E-state index is 0.111. The summed E-state index contributed by atoms with van der Waals surface area (Å²) in [7, 11) is 0. The van der Waals surface area contributed by atoms with E-state index in [1.165, 1.54) is 5.56 Å². The smallest absolute Gasteiger partial charge is 0.119 e. The Labute approximate surface area is 116 Å². The first kappa shape index (κ1) is 14.4. The number of rotatable bonds is 6. The fourth-order valence-electron chi connectivity index (χ4n) is 2.88. The Kier molecular flexibility index (Phi) is 4.48. The zero-order chi connectivity index (χ0) is 13.9. The molecule has 19 heavy (non-hydrogen) atoms. The zero-order valence-corrected chi connectivity index (χ0v) is 12.2. The molecule has 0 saturated carbocycles. The Morgan fingerprint density at radius 1 is 1.26 bits per heavy atom. The van der Waals surface area contributed by atoms with Crippen molar-refractivity contribution in [1.82, 2.24) is 0 Å². The number of benzene rings is 1. The van der Waals surface area contributed by atoms with Gasteiger partial charge in [-0.1, -0.05) is 25.5 Å². The van der Waals surface area contributed by atoms with E-state index in [4.69, 9.17) is 15.2 Å². The van der Waals surface area contributed by atoms with Gasteiger partial charge in [0, 0.05) is 5.41 Å². The molecule has 1 aliphatic heterocycles. The van der Waals surface area contributed by atoms with Crippen LogP contribution in [0.4, 0.5) is 0 Å². The highest BCUT2D eigenvalue weighted by atomic mass is 16.5. The Bertz CT molecular complexity index is 392. The van der Waals surface area contributed by atoms with Crippen LogP contribution in [0, 0.1) is 5.92 Å². The predicted octanol–water partition coefficient (Wildman–Crippen LogP) is 2.73. The number of ether oxygens (including phenoxy) is 2. The van der Waals surface area contributed by atoms with Crippen molar-refractivity contribution >= 4 is 0 Å². The maximum atomic E-state index is 5.93. The van der Waals surface area contributed by atoms with Crippen LogP contribution in [0.2, 0.25) is 0 Å². The number of hydrogen-bond acceptors (Lipinski definition) is 3. The maximum Gasteiger partial charge on any atom is 0.119 e. The summed E-state index contributed by atoms with van der Waals surface area (Å²) in [5.41, 5.74) is 7.37. The molecule has 2 rings (SSSR count). The molecule has 2 N–H and O–H groups in total. The standard InChI is InChI=1S/C16H25NO2/c1-4-13(9-17)16(10-18-11-16)14-5-7-15(8-6-14)19-12(2)3/h5-8,12-13H,4,9-11,17H2,1-3H3. The predicted molar refractivity (Wildman–Crippen MR) is 77.5 cm³/mol. The number of nitrogens with two attached hydrogens (primary N) is 1. The van der Waals surface area contributed by atoms with Crippen molar-refractivity contribution in [2.75, 3.05) is 19.8 Å². The molecule has 1 aromatic rings. The van der Waals surface area contributed by atoms with E-state index in [0.29, 0.717) is 12.5 Å². The molecule has 1 saturated heterocycles. The highest BCUT2D eigenvalue weighted by molar-refractivity contribution is 5.35. The molecule has 1 unspecified atom stereocenters. The van der Waals surface area contributed by atoms with Crippen LogP contribution in [0.1, 0.15) is 32.8 Å². The highest BCUT2D eigenvalue weighted by Crippen LogP contribution is 2.41. The Morgan fingerprint density at radius 3 is 2.26 bits per heavy atom. The van der Waals surface area contributed by atoms with Crippen LogP contribution in [0.3, 0.4) is 0 Å². The number of hydrogen-bond donors (Lipinski definition) is 1. The monoisotopic (exact) mass is 263 g/mol. The quantitative estimate of drug-likeness (QED) is 0.858. The molecule has 3 heteroatoms. The largest absolute Gasteiger partial charge is 0.491 e. The molecule has 0 amide bonds. The van der Waals surface area contributed by atoms with Crippen LogP contribution in [0.15, 0.2) is 24.3 Å². The summed E-state index contributed by atoms with van der Waals surface area (Å²) in [5, 5.41) is 0. The lowest BCUT2D eigenvalue weighted by molar-refractivity contribution is -0.0898. The SMILES string of the molecule is CCC(CN)C1(c2ccc(OC(C)C)cc2)COC1.